The summed E-state index contributed by atoms with van der Waals surface area (Å²) < 4.78 is 3.34. The first-order valence-corrected chi connectivity index (χ1v) is 10.4. The van der Waals surface area contributed by atoms with Crippen molar-refractivity contribution >= 4 is 27.0 Å². The number of hydrogen-bond donors (Lipinski definition) is 0. The second kappa shape index (κ2) is 7.34. The highest BCUT2D eigenvalue weighted by molar-refractivity contribution is 9.10. The summed E-state index contributed by atoms with van der Waals surface area (Å²) in [7, 11) is 0. The fourth-order valence-corrected chi connectivity index (χ4v) is 4.55. The summed E-state index contributed by atoms with van der Waals surface area (Å²) in [6.07, 6.45) is 1.96. The monoisotopic (exact) mass is 438 g/mol. The van der Waals surface area contributed by atoms with Gasteiger partial charge in [0.25, 0.3) is 0 Å². The first kappa shape index (κ1) is 17.9. The average Bonchev–Trinajstić information content (AvgIpc) is 3.20. The van der Waals surface area contributed by atoms with Crippen molar-refractivity contribution in [2.45, 2.75) is 5.54 Å². The van der Waals surface area contributed by atoms with E-state index in [1.54, 1.807) is 0 Å². The lowest BCUT2D eigenvalue weighted by Gasteiger charge is -2.38. The van der Waals surface area contributed by atoms with Crippen LogP contribution in [0.2, 0.25) is 0 Å². The highest BCUT2D eigenvalue weighted by atomic mass is 79.9. The van der Waals surface area contributed by atoms with Crippen LogP contribution in [-0.2, 0) is 5.54 Å². The van der Waals surface area contributed by atoms with E-state index in [2.05, 4.69) is 124 Å². The Labute approximate surface area is 178 Å². The Morgan fingerprint density at radius 3 is 1.59 bits per heavy atom. The summed E-state index contributed by atoms with van der Waals surface area (Å²) in [4.78, 5) is 4.74. The third kappa shape index (κ3) is 2.90. The number of benzene rings is 4. The van der Waals surface area contributed by atoms with Gasteiger partial charge in [0.1, 0.15) is 5.54 Å². The predicted molar refractivity (Wildman–Crippen MR) is 122 cm³/mol. The van der Waals surface area contributed by atoms with Gasteiger partial charge < -0.3 is 4.57 Å². The van der Waals surface area contributed by atoms with Crippen molar-refractivity contribution in [1.29, 1.82) is 0 Å². The van der Waals surface area contributed by atoms with E-state index in [9.17, 15) is 0 Å². The molecule has 0 fully saturated rings. The van der Waals surface area contributed by atoms with Gasteiger partial charge in [-0.1, -0.05) is 107 Å². The first-order chi connectivity index (χ1) is 14.3. The Balaban J connectivity index is 1.97. The Hall–Kier alpha value is -3.17. The number of halogens is 1. The van der Waals surface area contributed by atoms with E-state index >= 15 is 0 Å². The zero-order valence-electron chi connectivity index (χ0n) is 15.7. The van der Waals surface area contributed by atoms with Crippen LogP contribution in [0.4, 0.5) is 0 Å². The normalized spacial score (nSPS) is 11.6. The van der Waals surface area contributed by atoms with E-state index < -0.39 is 5.54 Å². The van der Waals surface area contributed by atoms with Crippen LogP contribution in [0.1, 0.15) is 16.7 Å². The maximum Gasteiger partial charge on any atom is 0.122 e. The first-order valence-electron chi connectivity index (χ1n) is 9.60. The topological polar surface area (TPSA) is 17.8 Å². The second-order valence-corrected chi connectivity index (χ2v) is 7.97. The highest BCUT2D eigenvalue weighted by Crippen LogP contribution is 2.42. The molecule has 2 nitrogen and oxygen atoms in total. The third-order valence-corrected chi connectivity index (χ3v) is 5.94. The minimum atomic E-state index is -0.542. The van der Waals surface area contributed by atoms with Crippen molar-refractivity contribution in [2.24, 2.45) is 0 Å². The van der Waals surface area contributed by atoms with Crippen molar-refractivity contribution < 1.29 is 0 Å². The molecule has 0 bridgehead atoms. The Morgan fingerprint density at radius 1 is 0.621 bits per heavy atom. The van der Waals surface area contributed by atoms with Crippen LogP contribution in [0.25, 0.3) is 11.0 Å². The van der Waals surface area contributed by atoms with Crippen LogP contribution in [0.5, 0.6) is 0 Å². The summed E-state index contributed by atoms with van der Waals surface area (Å²) >= 11 is 3.65. The lowest BCUT2D eigenvalue weighted by Crippen LogP contribution is -2.37. The van der Waals surface area contributed by atoms with Gasteiger partial charge >= 0.3 is 0 Å². The Morgan fingerprint density at radius 2 is 1.10 bits per heavy atom. The van der Waals surface area contributed by atoms with Crippen LogP contribution < -0.4 is 0 Å². The number of imidazole rings is 1. The molecule has 0 unspecified atom stereocenters. The van der Waals surface area contributed by atoms with Gasteiger partial charge in [-0.15, -0.1) is 0 Å². The van der Waals surface area contributed by atoms with Crippen molar-refractivity contribution in [2.75, 3.05) is 0 Å². The van der Waals surface area contributed by atoms with Crippen LogP contribution in [0.15, 0.2) is 120 Å². The SMILES string of the molecule is Brc1ccc2ncn(C(c3ccccc3)(c3ccccc3)c3ccccc3)c2c1. The number of aromatic nitrogens is 2. The molecule has 0 aliphatic carbocycles. The largest absolute Gasteiger partial charge is 0.312 e. The molecule has 29 heavy (non-hydrogen) atoms. The molecule has 3 heteroatoms. The molecule has 0 radical (unpaired) electrons. The molecule has 0 aliphatic rings. The molecule has 0 aliphatic heterocycles. The van der Waals surface area contributed by atoms with Gasteiger partial charge in [-0.25, -0.2) is 4.98 Å². The molecule has 0 amide bonds. The maximum absolute atomic E-state index is 4.74. The minimum Gasteiger partial charge on any atom is -0.312 e. The van der Waals surface area contributed by atoms with E-state index in [0.29, 0.717) is 0 Å². The summed E-state index contributed by atoms with van der Waals surface area (Å²) in [6.45, 7) is 0. The lowest BCUT2D eigenvalue weighted by atomic mass is 9.76. The fourth-order valence-electron chi connectivity index (χ4n) is 4.20. The standard InChI is InChI=1S/C26H19BrN2/c27-23-16-17-24-25(18-23)29(19-28-24)26(20-10-4-1-5-11-20,21-12-6-2-7-13-21)22-14-8-3-9-15-22/h1-19H. The van der Waals surface area contributed by atoms with Gasteiger partial charge in [-0.05, 0) is 34.9 Å². The minimum absolute atomic E-state index is 0.542. The highest BCUT2D eigenvalue weighted by Gasteiger charge is 2.39. The molecule has 4 aromatic carbocycles. The molecular weight excluding hydrogens is 420 g/mol. The van der Waals surface area contributed by atoms with Gasteiger partial charge in [-0.3, -0.25) is 0 Å². The predicted octanol–water partition coefficient (Wildman–Crippen LogP) is 6.64. The Kier molecular flexibility index (Phi) is 4.53. The molecule has 0 spiro atoms. The Bertz CT molecular complexity index is 1150. The van der Waals surface area contributed by atoms with Crippen LogP contribution >= 0.6 is 15.9 Å². The van der Waals surface area contributed by atoms with Crippen LogP contribution in [-0.4, -0.2) is 9.55 Å². The summed E-state index contributed by atoms with van der Waals surface area (Å²) in [5, 5.41) is 0. The molecule has 140 valence electrons. The second-order valence-electron chi connectivity index (χ2n) is 7.06. The van der Waals surface area contributed by atoms with Crippen molar-refractivity contribution in [3.8, 4) is 0 Å². The smallest absolute Gasteiger partial charge is 0.122 e. The van der Waals surface area contributed by atoms with Crippen molar-refractivity contribution in [3.05, 3.63) is 137 Å². The van der Waals surface area contributed by atoms with E-state index in [-0.39, 0.29) is 0 Å². The summed E-state index contributed by atoms with van der Waals surface area (Å²) in [5.41, 5.74) is 5.08. The molecular formula is C26H19BrN2. The van der Waals surface area contributed by atoms with E-state index in [0.717, 1.165) is 15.5 Å². The lowest BCUT2D eigenvalue weighted by molar-refractivity contribution is 0.529. The average molecular weight is 439 g/mol. The summed E-state index contributed by atoms with van der Waals surface area (Å²) in [5.74, 6) is 0. The molecule has 0 saturated carbocycles. The fraction of sp³-hybridized carbons (Fsp3) is 0.0385. The van der Waals surface area contributed by atoms with Crippen molar-refractivity contribution in [3.63, 3.8) is 0 Å². The maximum atomic E-state index is 4.74. The quantitative estimate of drug-likeness (QED) is 0.287. The van der Waals surface area contributed by atoms with Gasteiger partial charge in [0, 0.05) is 4.47 Å². The van der Waals surface area contributed by atoms with Crippen LogP contribution in [0.3, 0.4) is 0 Å². The molecule has 5 aromatic rings. The van der Waals surface area contributed by atoms with Gasteiger partial charge in [-0.2, -0.15) is 0 Å². The zero-order valence-corrected chi connectivity index (χ0v) is 17.3. The van der Waals surface area contributed by atoms with Gasteiger partial charge in [0.15, 0.2) is 0 Å². The molecule has 1 heterocycles. The number of fused-ring (bicyclic) bond motifs is 1. The molecule has 0 saturated heterocycles. The number of nitrogens with zero attached hydrogens (tertiary/aromatic N) is 2. The summed E-state index contributed by atoms with van der Waals surface area (Å²) in [6, 6.07) is 38.2. The molecule has 5 rings (SSSR count). The molecule has 0 N–H and O–H groups in total. The van der Waals surface area contributed by atoms with Crippen molar-refractivity contribution in [1.82, 2.24) is 9.55 Å². The van der Waals surface area contributed by atoms with E-state index in [1.165, 1.54) is 16.7 Å². The van der Waals surface area contributed by atoms with E-state index in [4.69, 9.17) is 4.98 Å². The third-order valence-electron chi connectivity index (χ3n) is 5.45. The van der Waals surface area contributed by atoms with Gasteiger partial charge in [0.2, 0.25) is 0 Å². The number of rotatable bonds is 4. The van der Waals surface area contributed by atoms with Crippen LogP contribution in [0, 0.1) is 0 Å². The van der Waals surface area contributed by atoms with E-state index in [1.807, 2.05) is 12.4 Å². The molecule has 0 atom stereocenters. The zero-order chi connectivity index (χ0) is 19.7. The number of hydrogen-bond acceptors (Lipinski definition) is 1. The van der Waals surface area contributed by atoms with Gasteiger partial charge in [0.05, 0.1) is 17.4 Å². The molecule has 1 aromatic heterocycles.